The molecule has 88 valence electrons. The molecule has 1 rings (SSSR count). The van der Waals surface area contributed by atoms with Crippen LogP contribution < -0.4 is 5.32 Å². The molecule has 1 amide bonds. The van der Waals surface area contributed by atoms with Crippen LogP contribution in [0.3, 0.4) is 0 Å². The Kier molecular flexibility index (Phi) is 4.77. The van der Waals surface area contributed by atoms with E-state index >= 15 is 0 Å². The van der Waals surface area contributed by atoms with Gasteiger partial charge in [-0.2, -0.15) is 4.98 Å². The first-order chi connectivity index (χ1) is 7.67. The predicted molar refractivity (Wildman–Crippen MR) is 61.5 cm³/mol. The molecule has 0 aliphatic carbocycles. The lowest BCUT2D eigenvalue weighted by Gasteiger charge is -1.95. The van der Waals surface area contributed by atoms with Gasteiger partial charge in [-0.1, -0.05) is 16.9 Å². The molecule has 1 N–H and O–H groups in total. The molecule has 0 unspecified atom stereocenters. The van der Waals surface area contributed by atoms with E-state index in [1.807, 2.05) is 6.26 Å². The largest absolute Gasteiger partial charge is 0.399 e. The second kappa shape index (κ2) is 6.11. The summed E-state index contributed by atoms with van der Waals surface area (Å²) in [5.74, 6) is 0.0571. The zero-order valence-corrected chi connectivity index (χ0v) is 10.1. The molecule has 8 heteroatoms. The number of anilines is 1. The van der Waals surface area contributed by atoms with Gasteiger partial charge in [-0.05, 0) is 6.26 Å². The number of hydrogen-bond donors (Lipinski definition) is 1. The molecule has 0 spiro atoms. The lowest BCUT2D eigenvalue weighted by molar-refractivity contribution is -0.115. The molecule has 1 heterocycles. The first kappa shape index (κ1) is 12.5. The molecule has 0 aromatic carbocycles. The van der Waals surface area contributed by atoms with Gasteiger partial charge in [-0.3, -0.25) is 10.1 Å². The van der Waals surface area contributed by atoms with Gasteiger partial charge in [0.1, 0.15) is 7.11 Å². The summed E-state index contributed by atoms with van der Waals surface area (Å²) < 4.78 is 1.60. The van der Waals surface area contributed by atoms with E-state index in [0.29, 0.717) is 5.95 Å². The smallest absolute Gasteiger partial charge is 0.249 e. The van der Waals surface area contributed by atoms with Crippen molar-refractivity contribution in [1.29, 1.82) is 0 Å². The Labute approximate surface area is 97.2 Å². The maximum Gasteiger partial charge on any atom is 0.249 e. The molecule has 0 radical (unpaired) electrons. The van der Waals surface area contributed by atoms with Crippen molar-refractivity contribution in [2.45, 2.75) is 11.6 Å². The second-order valence-corrected chi connectivity index (χ2v) is 3.54. The van der Waals surface area contributed by atoms with Gasteiger partial charge in [0.2, 0.25) is 11.9 Å². The number of nitrogens with zero attached hydrogens (tertiary/aromatic N) is 4. The van der Waals surface area contributed by atoms with Crippen LogP contribution in [0, 0.1) is 0 Å². The summed E-state index contributed by atoms with van der Waals surface area (Å²) in [4.78, 5) is 19.9. The fourth-order valence-corrected chi connectivity index (χ4v) is 1.45. The van der Waals surface area contributed by atoms with Crippen molar-refractivity contribution in [3.63, 3.8) is 0 Å². The van der Waals surface area contributed by atoms with Crippen molar-refractivity contribution in [2.75, 3.05) is 18.7 Å². The number of thioether (sulfide) groups is 1. The number of hydrogen-bond acceptors (Lipinski definition) is 6. The molecule has 0 saturated carbocycles. The highest BCUT2D eigenvalue weighted by Crippen LogP contribution is 2.12. The Bertz CT molecular complexity index is 390. The maximum absolute atomic E-state index is 11.3. The second-order valence-electron chi connectivity index (χ2n) is 2.77. The van der Waals surface area contributed by atoms with Gasteiger partial charge in [0.05, 0.1) is 12.6 Å². The molecule has 16 heavy (non-hydrogen) atoms. The summed E-state index contributed by atoms with van der Waals surface area (Å²) >= 11 is 1.46. The van der Waals surface area contributed by atoms with Crippen LogP contribution in [0.4, 0.5) is 5.95 Å². The number of carbonyl (C=O) groups is 1. The topological polar surface area (TPSA) is 81.4 Å². The third-order valence-corrected chi connectivity index (χ3v) is 2.33. The Hall–Kier alpha value is -1.57. The van der Waals surface area contributed by atoms with Crippen LogP contribution in [-0.4, -0.2) is 40.3 Å². The summed E-state index contributed by atoms with van der Waals surface area (Å²) in [6.45, 7) is 0. The Morgan fingerprint density at radius 1 is 1.75 bits per heavy atom. The average molecular weight is 243 g/mol. The Morgan fingerprint density at radius 3 is 3.06 bits per heavy atom. The summed E-state index contributed by atoms with van der Waals surface area (Å²) in [7, 11) is 3.18. The standard InChI is InChI=1S/C8H13N5O2S/c1-13-8(16-3)11-7(12-13)10-6(14)4-5-9-15-2/h5H,4H2,1-3H3,(H,10,12,14). The summed E-state index contributed by atoms with van der Waals surface area (Å²) in [6.07, 6.45) is 3.38. The SMILES string of the molecule is CON=CCC(=O)Nc1nc(SC)n(C)n1. The highest BCUT2D eigenvalue weighted by Gasteiger charge is 2.08. The van der Waals surface area contributed by atoms with Crippen molar-refractivity contribution in [3.05, 3.63) is 0 Å². The van der Waals surface area contributed by atoms with Gasteiger partial charge in [-0.25, -0.2) is 4.68 Å². The molecule has 0 fully saturated rings. The molecule has 7 nitrogen and oxygen atoms in total. The number of aryl methyl sites for hydroxylation is 1. The van der Waals surface area contributed by atoms with Gasteiger partial charge < -0.3 is 4.84 Å². The van der Waals surface area contributed by atoms with Crippen LogP contribution in [0.15, 0.2) is 10.3 Å². The molecule has 0 aliphatic heterocycles. The predicted octanol–water partition coefficient (Wildman–Crippen LogP) is 0.498. The third kappa shape index (κ3) is 3.54. The molecular weight excluding hydrogens is 230 g/mol. The summed E-state index contributed by atoms with van der Waals surface area (Å²) in [5.41, 5.74) is 0. The van der Waals surface area contributed by atoms with E-state index in [0.717, 1.165) is 5.16 Å². The van der Waals surface area contributed by atoms with Crippen molar-refractivity contribution >= 4 is 29.8 Å². The van der Waals surface area contributed by atoms with Gasteiger partial charge in [0.25, 0.3) is 0 Å². The van der Waals surface area contributed by atoms with Crippen LogP contribution in [-0.2, 0) is 16.7 Å². The maximum atomic E-state index is 11.3. The number of oxime groups is 1. The Balaban J connectivity index is 2.52. The normalized spacial score (nSPS) is 10.7. The van der Waals surface area contributed by atoms with Crippen molar-refractivity contribution in [1.82, 2.24) is 14.8 Å². The van der Waals surface area contributed by atoms with Crippen LogP contribution in [0.2, 0.25) is 0 Å². The van der Waals surface area contributed by atoms with E-state index in [-0.39, 0.29) is 12.3 Å². The first-order valence-corrected chi connectivity index (χ1v) is 5.69. The number of amides is 1. The van der Waals surface area contributed by atoms with Crippen LogP contribution in [0.25, 0.3) is 0 Å². The van der Waals surface area contributed by atoms with Crippen LogP contribution >= 0.6 is 11.8 Å². The number of carbonyl (C=O) groups excluding carboxylic acids is 1. The van der Waals surface area contributed by atoms with E-state index in [2.05, 4.69) is 25.4 Å². The van der Waals surface area contributed by atoms with Crippen molar-refractivity contribution in [3.8, 4) is 0 Å². The number of aromatic nitrogens is 3. The monoisotopic (exact) mass is 243 g/mol. The van der Waals surface area contributed by atoms with Gasteiger partial charge >= 0.3 is 0 Å². The third-order valence-electron chi connectivity index (χ3n) is 1.61. The molecule has 0 atom stereocenters. The van der Waals surface area contributed by atoms with E-state index < -0.39 is 0 Å². The van der Waals surface area contributed by atoms with Gasteiger partial charge in [-0.15, -0.1) is 5.10 Å². The fraction of sp³-hybridized carbons (Fsp3) is 0.500. The van der Waals surface area contributed by atoms with Gasteiger partial charge in [0, 0.05) is 7.05 Å². The Morgan fingerprint density at radius 2 is 2.50 bits per heavy atom. The molecule has 1 aromatic rings. The van der Waals surface area contributed by atoms with Crippen molar-refractivity contribution in [2.24, 2.45) is 12.2 Å². The number of rotatable bonds is 5. The first-order valence-electron chi connectivity index (χ1n) is 4.47. The highest BCUT2D eigenvalue weighted by molar-refractivity contribution is 7.98. The zero-order chi connectivity index (χ0) is 12.0. The lowest BCUT2D eigenvalue weighted by atomic mass is 10.4. The molecule has 1 aromatic heterocycles. The van der Waals surface area contributed by atoms with Crippen LogP contribution in [0.5, 0.6) is 0 Å². The van der Waals surface area contributed by atoms with E-state index in [1.54, 1.807) is 11.7 Å². The fourth-order valence-electron chi connectivity index (χ4n) is 0.971. The van der Waals surface area contributed by atoms with Crippen LogP contribution in [0.1, 0.15) is 6.42 Å². The lowest BCUT2D eigenvalue weighted by Crippen LogP contribution is -2.13. The van der Waals surface area contributed by atoms with E-state index in [1.165, 1.54) is 25.1 Å². The highest BCUT2D eigenvalue weighted by atomic mass is 32.2. The van der Waals surface area contributed by atoms with E-state index in [9.17, 15) is 4.79 Å². The summed E-state index contributed by atoms with van der Waals surface area (Å²) in [6, 6.07) is 0. The minimum Gasteiger partial charge on any atom is -0.399 e. The minimum absolute atomic E-state index is 0.126. The number of nitrogens with one attached hydrogen (secondary N) is 1. The molecular formula is C8H13N5O2S. The molecule has 0 saturated heterocycles. The molecule has 0 bridgehead atoms. The van der Waals surface area contributed by atoms with Crippen molar-refractivity contribution < 1.29 is 9.63 Å². The van der Waals surface area contributed by atoms with Gasteiger partial charge in [0.15, 0.2) is 5.16 Å². The average Bonchev–Trinajstić information content (AvgIpc) is 2.59. The quantitative estimate of drug-likeness (QED) is 0.462. The minimum atomic E-state index is -0.237. The van der Waals surface area contributed by atoms with E-state index in [4.69, 9.17) is 0 Å². The zero-order valence-electron chi connectivity index (χ0n) is 9.30. The molecule has 0 aliphatic rings. The summed E-state index contributed by atoms with van der Waals surface area (Å²) in [5, 5.41) is 10.8.